The van der Waals surface area contributed by atoms with Crippen molar-refractivity contribution in [2.75, 3.05) is 18.9 Å². The molecule has 1 N–H and O–H groups in total. The van der Waals surface area contributed by atoms with E-state index in [4.69, 9.17) is 4.74 Å². The van der Waals surface area contributed by atoms with Crippen molar-refractivity contribution < 1.29 is 9.53 Å². The summed E-state index contributed by atoms with van der Waals surface area (Å²) in [5.41, 5.74) is -0.524. The number of hydrogen-bond acceptors (Lipinski definition) is 4. The average molecular weight is 275 g/mol. The van der Waals surface area contributed by atoms with E-state index in [0.717, 1.165) is 31.6 Å². The number of carbonyl (C=O) groups excluding carboxylic acids is 1. The van der Waals surface area contributed by atoms with Crippen molar-refractivity contribution in [2.45, 2.75) is 64.7 Å². The van der Waals surface area contributed by atoms with Crippen LogP contribution in [0.5, 0.6) is 0 Å². The van der Waals surface area contributed by atoms with Gasteiger partial charge in [0.25, 0.3) is 0 Å². The van der Waals surface area contributed by atoms with Crippen LogP contribution in [0.1, 0.15) is 53.9 Å². The predicted octanol–water partition coefficient (Wildman–Crippen LogP) is 3.23. The second-order valence-corrected chi connectivity index (χ2v) is 6.69. The fraction of sp³-hybridized carbons (Fsp3) is 0.929. The van der Waals surface area contributed by atoms with Crippen molar-refractivity contribution in [1.29, 1.82) is 0 Å². The highest BCUT2D eigenvalue weighted by molar-refractivity contribution is 7.99. The lowest BCUT2D eigenvalue weighted by molar-refractivity contribution is -0.150. The molecule has 4 heteroatoms. The van der Waals surface area contributed by atoms with E-state index < -0.39 is 5.54 Å². The monoisotopic (exact) mass is 275 g/mol. The van der Waals surface area contributed by atoms with Gasteiger partial charge in [0.2, 0.25) is 0 Å². The van der Waals surface area contributed by atoms with Crippen LogP contribution < -0.4 is 5.32 Å². The molecule has 0 radical (unpaired) electrons. The largest absolute Gasteiger partial charge is 0.465 e. The summed E-state index contributed by atoms with van der Waals surface area (Å²) in [6.07, 6.45) is 2.90. The molecule has 3 nitrogen and oxygen atoms in total. The summed E-state index contributed by atoms with van der Waals surface area (Å²) in [7, 11) is 0. The molecule has 0 aromatic heterocycles. The van der Waals surface area contributed by atoms with Gasteiger partial charge < -0.3 is 10.1 Å². The van der Waals surface area contributed by atoms with E-state index in [1.54, 1.807) is 0 Å². The molecule has 0 aliphatic rings. The highest BCUT2D eigenvalue weighted by atomic mass is 32.2. The zero-order chi connectivity index (χ0) is 14.0. The van der Waals surface area contributed by atoms with Gasteiger partial charge in [-0.15, -0.1) is 0 Å². The number of ether oxygens (including phenoxy) is 1. The van der Waals surface area contributed by atoms with Crippen LogP contribution in [0.3, 0.4) is 0 Å². The van der Waals surface area contributed by atoms with Crippen LogP contribution in [0.4, 0.5) is 0 Å². The molecule has 1 atom stereocenters. The Morgan fingerprint density at radius 1 is 1.39 bits per heavy atom. The van der Waals surface area contributed by atoms with Gasteiger partial charge in [-0.05, 0) is 50.7 Å². The average Bonchev–Trinajstić information content (AvgIpc) is 2.32. The summed E-state index contributed by atoms with van der Waals surface area (Å²) in [5.74, 6) is 0.980. The maximum atomic E-state index is 12.0. The minimum atomic E-state index is -0.524. The molecule has 0 aliphatic heterocycles. The number of hydrogen-bond donors (Lipinski definition) is 1. The Hall–Kier alpha value is -0.220. The van der Waals surface area contributed by atoms with Crippen molar-refractivity contribution in [3.8, 4) is 0 Å². The maximum Gasteiger partial charge on any atom is 0.326 e. The molecule has 0 aromatic carbocycles. The number of nitrogens with one attached hydrogen (secondary N) is 1. The molecule has 0 fully saturated rings. The number of rotatable bonds is 10. The van der Waals surface area contributed by atoms with Crippen LogP contribution in [-0.2, 0) is 9.53 Å². The zero-order valence-corrected chi connectivity index (χ0v) is 13.4. The SMILES string of the molecule is CCCNC(C)(CCCSC(C)C)C(=O)OCC. The molecule has 0 amide bonds. The van der Waals surface area contributed by atoms with E-state index in [9.17, 15) is 4.79 Å². The van der Waals surface area contributed by atoms with E-state index in [2.05, 4.69) is 26.1 Å². The topological polar surface area (TPSA) is 38.3 Å². The zero-order valence-electron chi connectivity index (χ0n) is 12.5. The van der Waals surface area contributed by atoms with Gasteiger partial charge in [0.1, 0.15) is 5.54 Å². The van der Waals surface area contributed by atoms with E-state index in [1.807, 2.05) is 25.6 Å². The third-order valence-corrected chi connectivity index (χ3v) is 3.95. The number of esters is 1. The van der Waals surface area contributed by atoms with E-state index in [1.165, 1.54) is 0 Å². The summed E-state index contributed by atoms with van der Waals surface area (Å²) in [6, 6.07) is 0. The highest BCUT2D eigenvalue weighted by Gasteiger charge is 2.33. The lowest BCUT2D eigenvalue weighted by Gasteiger charge is -2.28. The van der Waals surface area contributed by atoms with Crippen molar-refractivity contribution in [3.05, 3.63) is 0 Å². The molecular formula is C14H29NO2S. The predicted molar refractivity (Wildman–Crippen MR) is 80.2 cm³/mol. The Morgan fingerprint density at radius 3 is 2.56 bits per heavy atom. The molecule has 0 spiro atoms. The number of thioether (sulfide) groups is 1. The summed E-state index contributed by atoms with van der Waals surface area (Å²) in [6.45, 7) is 11.6. The van der Waals surface area contributed by atoms with Gasteiger partial charge in [-0.25, -0.2) is 0 Å². The smallest absolute Gasteiger partial charge is 0.326 e. The van der Waals surface area contributed by atoms with Crippen LogP contribution in [0, 0.1) is 0 Å². The summed E-state index contributed by atoms with van der Waals surface area (Å²) >= 11 is 1.94. The summed E-state index contributed by atoms with van der Waals surface area (Å²) in [5, 5.41) is 3.99. The molecule has 0 aromatic rings. The van der Waals surface area contributed by atoms with Gasteiger partial charge in [-0.2, -0.15) is 11.8 Å². The second kappa shape index (κ2) is 9.68. The molecule has 0 aliphatic carbocycles. The molecule has 0 heterocycles. The van der Waals surface area contributed by atoms with Gasteiger partial charge >= 0.3 is 5.97 Å². The first kappa shape index (κ1) is 17.8. The van der Waals surface area contributed by atoms with Crippen molar-refractivity contribution in [1.82, 2.24) is 5.32 Å². The third-order valence-electron chi connectivity index (χ3n) is 2.76. The van der Waals surface area contributed by atoms with E-state index >= 15 is 0 Å². The van der Waals surface area contributed by atoms with Gasteiger partial charge in [0.15, 0.2) is 0 Å². The maximum absolute atomic E-state index is 12.0. The van der Waals surface area contributed by atoms with Crippen molar-refractivity contribution in [2.24, 2.45) is 0 Å². The third kappa shape index (κ3) is 7.27. The van der Waals surface area contributed by atoms with Crippen molar-refractivity contribution in [3.63, 3.8) is 0 Å². The minimum Gasteiger partial charge on any atom is -0.465 e. The van der Waals surface area contributed by atoms with Crippen LogP contribution in [0.15, 0.2) is 0 Å². The molecular weight excluding hydrogens is 246 g/mol. The van der Waals surface area contributed by atoms with Crippen LogP contribution in [-0.4, -0.2) is 35.7 Å². The normalized spacial score (nSPS) is 14.6. The number of carbonyl (C=O) groups is 1. The van der Waals surface area contributed by atoms with E-state index in [0.29, 0.717) is 11.9 Å². The van der Waals surface area contributed by atoms with Crippen LogP contribution in [0.25, 0.3) is 0 Å². The molecule has 0 saturated carbocycles. The Labute approximate surface area is 116 Å². The molecule has 1 unspecified atom stereocenters. The standard InChI is InChI=1S/C14H29NO2S/c1-6-10-15-14(5,13(16)17-7-2)9-8-11-18-12(3)4/h12,15H,6-11H2,1-5H3. The summed E-state index contributed by atoms with van der Waals surface area (Å²) in [4.78, 5) is 12.0. The Bertz CT molecular complexity index is 234. The van der Waals surface area contributed by atoms with Gasteiger partial charge in [-0.1, -0.05) is 20.8 Å². The van der Waals surface area contributed by atoms with Gasteiger partial charge in [0, 0.05) is 0 Å². The Morgan fingerprint density at radius 2 is 2.06 bits per heavy atom. The summed E-state index contributed by atoms with van der Waals surface area (Å²) < 4.78 is 5.17. The molecule has 108 valence electrons. The quantitative estimate of drug-likeness (QED) is 0.491. The van der Waals surface area contributed by atoms with Gasteiger partial charge in [-0.3, -0.25) is 4.79 Å². The van der Waals surface area contributed by atoms with Crippen molar-refractivity contribution >= 4 is 17.7 Å². The molecule has 0 saturated heterocycles. The lowest BCUT2D eigenvalue weighted by Crippen LogP contribution is -2.50. The lowest BCUT2D eigenvalue weighted by atomic mass is 9.96. The van der Waals surface area contributed by atoms with Gasteiger partial charge in [0.05, 0.1) is 6.61 Å². The van der Waals surface area contributed by atoms with E-state index in [-0.39, 0.29) is 5.97 Å². The molecule has 0 rings (SSSR count). The first-order valence-corrected chi connectivity index (χ1v) is 8.05. The van der Waals surface area contributed by atoms with Crippen LogP contribution in [0.2, 0.25) is 0 Å². The fourth-order valence-corrected chi connectivity index (χ4v) is 2.48. The van der Waals surface area contributed by atoms with Crippen LogP contribution >= 0.6 is 11.8 Å². The fourth-order valence-electron chi connectivity index (χ4n) is 1.70. The first-order chi connectivity index (χ1) is 8.46. The first-order valence-electron chi connectivity index (χ1n) is 7.00. The highest BCUT2D eigenvalue weighted by Crippen LogP contribution is 2.19. The molecule has 0 bridgehead atoms. The molecule has 18 heavy (non-hydrogen) atoms. The Balaban J connectivity index is 4.24. The second-order valence-electron chi connectivity index (χ2n) is 5.00. The minimum absolute atomic E-state index is 0.118. The Kier molecular flexibility index (Phi) is 9.56.